The predicted molar refractivity (Wildman–Crippen MR) is 117 cm³/mol. The van der Waals surface area contributed by atoms with Crippen LogP contribution in [0.3, 0.4) is 0 Å². The lowest BCUT2D eigenvalue weighted by molar-refractivity contribution is 0.0503. The van der Waals surface area contributed by atoms with Gasteiger partial charge in [0.15, 0.2) is 0 Å². The molecule has 0 fully saturated rings. The minimum Gasteiger partial charge on any atom is -0.329 e. The van der Waals surface area contributed by atoms with E-state index in [9.17, 15) is 14.4 Å². The second-order valence-electron chi connectivity index (χ2n) is 7.71. The standard InChI is InChI=1S/C25H19ClN2O3/c26-21-12-6-5-11-20(21)25(31)27-14-13-16-7-1-2-8-17(16)22(27)15-28-23(29)18-9-3-4-10-19(18)24(28)30/h1-12,22H,13-15H2. The molecule has 3 aromatic rings. The number of carbonyl (C=O) groups excluding carboxylic acids is 3. The van der Waals surface area contributed by atoms with Crippen LogP contribution in [0.25, 0.3) is 0 Å². The van der Waals surface area contributed by atoms with E-state index in [1.807, 2.05) is 24.3 Å². The summed E-state index contributed by atoms with van der Waals surface area (Å²) in [5.74, 6) is -0.857. The Morgan fingerprint density at radius 1 is 0.871 bits per heavy atom. The topological polar surface area (TPSA) is 57.7 Å². The zero-order valence-electron chi connectivity index (χ0n) is 16.6. The largest absolute Gasteiger partial charge is 0.329 e. The zero-order chi connectivity index (χ0) is 21.5. The maximum absolute atomic E-state index is 13.4. The molecule has 5 rings (SSSR count). The lowest BCUT2D eigenvalue weighted by atomic mass is 9.91. The Bertz CT molecular complexity index is 1190. The van der Waals surface area contributed by atoms with Gasteiger partial charge in [-0.1, -0.05) is 60.1 Å². The molecule has 3 aromatic carbocycles. The highest BCUT2D eigenvalue weighted by molar-refractivity contribution is 6.33. The van der Waals surface area contributed by atoms with Crippen LogP contribution in [-0.4, -0.2) is 40.6 Å². The normalized spacial score (nSPS) is 17.5. The van der Waals surface area contributed by atoms with Crippen LogP contribution in [0, 0.1) is 0 Å². The third-order valence-corrected chi connectivity index (χ3v) is 6.34. The molecule has 6 heteroatoms. The van der Waals surface area contributed by atoms with Gasteiger partial charge in [0.25, 0.3) is 17.7 Å². The highest BCUT2D eigenvalue weighted by Gasteiger charge is 2.40. The summed E-state index contributed by atoms with van der Waals surface area (Å²) in [4.78, 5) is 42.4. The van der Waals surface area contributed by atoms with Crippen LogP contribution in [-0.2, 0) is 6.42 Å². The fourth-order valence-electron chi connectivity index (χ4n) is 4.46. The Labute approximate surface area is 184 Å². The molecule has 3 amide bonds. The first-order chi connectivity index (χ1) is 15.1. The molecule has 0 saturated carbocycles. The maximum Gasteiger partial charge on any atom is 0.261 e. The predicted octanol–water partition coefficient (Wildman–Crippen LogP) is 4.38. The van der Waals surface area contributed by atoms with E-state index in [0.29, 0.717) is 34.7 Å². The second kappa shape index (κ2) is 7.67. The average Bonchev–Trinajstić information content (AvgIpc) is 3.04. The van der Waals surface area contributed by atoms with Crippen LogP contribution in [0.15, 0.2) is 72.8 Å². The monoisotopic (exact) mass is 430 g/mol. The molecule has 0 spiro atoms. The van der Waals surface area contributed by atoms with Crippen molar-refractivity contribution in [3.05, 3.63) is 106 Å². The first-order valence-corrected chi connectivity index (χ1v) is 10.5. The molecule has 154 valence electrons. The molecule has 2 aliphatic heterocycles. The van der Waals surface area contributed by atoms with Gasteiger partial charge in [-0.2, -0.15) is 0 Å². The zero-order valence-corrected chi connectivity index (χ0v) is 17.4. The summed E-state index contributed by atoms with van der Waals surface area (Å²) >= 11 is 6.30. The molecule has 0 saturated heterocycles. The highest BCUT2D eigenvalue weighted by Crippen LogP contribution is 2.34. The van der Waals surface area contributed by atoms with Crippen LogP contribution in [0.4, 0.5) is 0 Å². The number of hydrogen-bond acceptors (Lipinski definition) is 3. The third kappa shape index (κ3) is 3.22. The molecule has 0 aromatic heterocycles. The van der Waals surface area contributed by atoms with Gasteiger partial charge >= 0.3 is 0 Å². The van der Waals surface area contributed by atoms with Gasteiger partial charge in [-0.05, 0) is 41.8 Å². The van der Waals surface area contributed by atoms with Gasteiger partial charge in [-0.25, -0.2) is 0 Å². The number of nitrogens with zero attached hydrogens (tertiary/aromatic N) is 2. The van der Waals surface area contributed by atoms with Crippen molar-refractivity contribution < 1.29 is 14.4 Å². The Morgan fingerprint density at radius 3 is 2.19 bits per heavy atom. The van der Waals surface area contributed by atoms with Crippen LogP contribution < -0.4 is 0 Å². The number of fused-ring (bicyclic) bond motifs is 2. The van der Waals surface area contributed by atoms with Gasteiger partial charge in [0, 0.05) is 6.54 Å². The van der Waals surface area contributed by atoms with Gasteiger partial charge in [-0.3, -0.25) is 19.3 Å². The Hall–Kier alpha value is -3.44. The molecule has 5 nitrogen and oxygen atoms in total. The minimum atomic E-state index is -0.448. The number of imide groups is 1. The van der Waals surface area contributed by atoms with Crippen molar-refractivity contribution >= 4 is 29.3 Å². The second-order valence-corrected chi connectivity index (χ2v) is 8.12. The fourth-order valence-corrected chi connectivity index (χ4v) is 4.68. The Morgan fingerprint density at radius 2 is 1.48 bits per heavy atom. The van der Waals surface area contributed by atoms with Gasteiger partial charge in [0.1, 0.15) is 0 Å². The van der Waals surface area contributed by atoms with Gasteiger partial charge < -0.3 is 4.90 Å². The molecule has 0 N–H and O–H groups in total. The van der Waals surface area contributed by atoms with E-state index >= 15 is 0 Å². The molecule has 1 atom stereocenters. The van der Waals surface area contributed by atoms with E-state index in [2.05, 4.69) is 0 Å². The summed E-state index contributed by atoms with van der Waals surface area (Å²) in [5.41, 5.74) is 3.29. The van der Waals surface area contributed by atoms with E-state index in [0.717, 1.165) is 11.1 Å². The van der Waals surface area contributed by atoms with Crippen LogP contribution in [0.1, 0.15) is 48.2 Å². The minimum absolute atomic E-state index is 0.0968. The number of benzene rings is 3. The number of hydrogen-bond donors (Lipinski definition) is 0. The molecule has 0 bridgehead atoms. The smallest absolute Gasteiger partial charge is 0.261 e. The average molecular weight is 431 g/mol. The van der Waals surface area contributed by atoms with E-state index < -0.39 is 6.04 Å². The highest BCUT2D eigenvalue weighted by atomic mass is 35.5. The van der Waals surface area contributed by atoms with Crippen LogP contribution >= 0.6 is 11.6 Å². The Kier molecular flexibility index (Phi) is 4.83. The van der Waals surface area contributed by atoms with Crippen LogP contribution in [0.5, 0.6) is 0 Å². The van der Waals surface area contributed by atoms with Crippen molar-refractivity contribution in [1.82, 2.24) is 9.80 Å². The van der Waals surface area contributed by atoms with Gasteiger partial charge in [0.2, 0.25) is 0 Å². The number of carbonyl (C=O) groups is 3. The lowest BCUT2D eigenvalue weighted by Crippen LogP contribution is -2.46. The summed E-state index contributed by atoms with van der Waals surface area (Å²) < 4.78 is 0. The SMILES string of the molecule is O=C1c2ccccc2C(=O)N1CC1c2ccccc2CCN1C(=O)c1ccccc1Cl. The van der Waals surface area contributed by atoms with Crippen molar-refractivity contribution in [3.63, 3.8) is 0 Å². The summed E-state index contributed by atoms with van der Waals surface area (Å²) in [6.45, 7) is 0.578. The van der Waals surface area contributed by atoms with Crippen molar-refractivity contribution in [1.29, 1.82) is 0 Å². The first-order valence-electron chi connectivity index (χ1n) is 10.1. The molecule has 1 unspecified atom stereocenters. The summed E-state index contributed by atoms with van der Waals surface area (Å²) in [7, 11) is 0. The summed E-state index contributed by atoms with van der Waals surface area (Å²) in [6, 6.07) is 21.2. The number of halogens is 1. The molecular formula is C25H19ClN2O3. The van der Waals surface area contributed by atoms with E-state index in [1.54, 1.807) is 53.4 Å². The van der Waals surface area contributed by atoms with Crippen molar-refractivity contribution in [2.75, 3.05) is 13.1 Å². The third-order valence-electron chi connectivity index (χ3n) is 6.01. The van der Waals surface area contributed by atoms with Gasteiger partial charge in [0.05, 0.1) is 34.3 Å². The Balaban J connectivity index is 1.53. The summed E-state index contributed by atoms with van der Waals surface area (Å²) in [6.07, 6.45) is 0.699. The summed E-state index contributed by atoms with van der Waals surface area (Å²) in [5, 5.41) is 0.380. The van der Waals surface area contributed by atoms with E-state index in [4.69, 9.17) is 11.6 Å². The molecule has 0 aliphatic carbocycles. The number of amides is 3. The van der Waals surface area contributed by atoms with Crippen molar-refractivity contribution in [2.45, 2.75) is 12.5 Å². The molecular weight excluding hydrogens is 412 g/mol. The molecule has 2 heterocycles. The van der Waals surface area contributed by atoms with E-state index in [1.165, 1.54) is 4.90 Å². The lowest BCUT2D eigenvalue weighted by Gasteiger charge is -2.39. The van der Waals surface area contributed by atoms with Crippen molar-refractivity contribution in [2.24, 2.45) is 0 Å². The van der Waals surface area contributed by atoms with Crippen molar-refractivity contribution in [3.8, 4) is 0 Å². The number of rotatable bonds is 3. The quantitative estimate of drug-likeness (QED) is 0.579. The van der Waals surface area contributed by atoms with Crippen LogP contribution in [0.2, 0.25) is 5.02 Å². The maximum atomic E-state index is 13.4. The first kappa shape index (κ1) is 19.5. The molecule has 2 aliphatic rings. The van der Waals surface area contributed by atoms with E-state index in [-0.39, 0.29) is 24.3 Å². The fraction of sp³-hybridized carbons (Fsp3) is 0.160. The molecule has 0 radical (unpaired) electrons. The molecule has 31 heavy (non-hydrogen) atoms. The van der Waals surface area contributed by atoms with Gasteiger partial charge in [-0.15, -0.1) is 0 Å².